The van der Waals surface area contributed by atoms with Crippen LogP contribution in [0.5, 0.6) is 0 Å². The Morgan fingerprint density at radius 1 is 1.44 bits per heavy atom. The van der Waals surface area contributed by atoms with Crippen molar-refractivity contribution in [2.24, 2.45) is 0 Å². The Bertz CT molecular complexity index is 488. The predicted molar refractivity (Wildman–Crippen MR) is 63.1 cm³/mol. The van der Waals surface area contributed by atoms with E-state index in [2.05, 4.69) is 0 Å². The molecule has 0 saturated carbocycles. The third-order valence-electron chi connectivity index (χ3n) is 3.02. The van der Waals surface area contributed by atoms with Gasteiger partial charge >= 0.3 is 6.09 Å². The van der Waals surface area contributed by atoms with Gasteiger partial charge in [0.1, 0.15) is 0 Å². The van der Waals surface area contributed by atoms with E-state index in [0.717, 1.165) is 12.5 Å². The maximum absolute atomic E-state index is 13.4. The van der Waals surface area contributed by atoms with Crippen molar-refractivity contribution in [2.75, 3.05) is 6.54 Å². The van der Waals surface area contributed by atoms with E-state index in [1.54, 1.807) is 6.08 Å². The molecular weight excluding hydrogens is 240 g/mol. The largest absolute Gasteiger partial charge is 0.465 e. The highest BCUT2D eigenvalue weighted by Gasteiger charge is 2.26. The van der Waals surface area contributed by atoms with Gasteiger partial charge in [0.25, 0.3) is 0 Å². The summed E-state index contributed by atoms with van der Waals surface area (Å²) in [4.78, 5) is 12.2. The minimum Gasteiger partial charge on any atom is -0.465 e. The van der Waals surface area contributed by atoms with Gasteiger partial charge in [0, 0.05) is 12.1 Å². The molecule has 18 heavy (non-hydrogen) atoms. The van der Waals surface area contributed by atoms with Crippen LogP contribution in [-0.4, -0.2) is 28.7 Å². The van der Waals surface area contributed by atoms with E-state index >= 15 is 0 Å². The smallest absolute Gasteiger partial charge is 0.407 e. The summed E-state index contributed by atoms with van der Waals surface area (Å²) in [6.07, 6.45) is 3.55. The lowest BCUT2D eigenvalue weighted by molar-refractivity contribution is 0.147. The van der Waals surface area contributed by atoms with Crippen molar-refractivity contribution in [3.63, 3.8) is 0 Å². The Kier molecular flexibility index (Phi) is 3.60. The normalized spacial score (nSPS) is 19.7. The van der Waals surface area contributed by atoms with Crippen molar-refractivity contribution in [3.8, 4) is 0 Å². The Balaban J connectivity index is 2.15. The Labute approximate surface area is 103 Å². The first kappa shape index (κ1) is 12.5. The minimum absolute atomic E-state index is 0.132. The van der Waals surface area contributed by atoms with E-state index in [1.165, 1.54) is 23.1 Å². The molecule has 1 aliphatic heterocycles. The molecule has 1 heterocycles. The van der Waals surface area contributed by atoms with Gasteiger partial charge in [-0.05, 0) is 18.9 Å². The molecular formula is C13H13F2NO2. The number of rotatable bonds is 2. The summed E-state index contributed by atoms with van der Waals surface area (Å²) in [7, 11) is 0. The highest BCUT2D eigenvalue weighted by molar-refractivity contribution is 5.66. The zero-order chi connectivity index (χ0) is 13.1. The van der Waals surface area contributed by atoms with Crippen molar-refractivity contribution in [2.45, 2.75) is 18.9 Å². The summed E-state index contributed by atoms with van der Waals surface area (Å²) in [5, 5.41) is 8.94. The number of carbonyl (C=O) groups is 1. The molecule has 1 fully saturated rings. The molecule has 96 valence electrons. The quantitative estimate of drug-likeness (QED) is 0.879. The van der Waals surface area contributed by atoms with Crippen molar-refractivity contribution in [1.29, 1.82) is 0 Å². The fraction of sp³-hybridized carbons (Fsp3) is 0.308. The number of benzene rings is 1. The molecule has 0 radical (unpaired) electrons. The first-order chi connectivity index (χ1) is 8.59. The zero-order valence-electron chi connectivity index (χ0n) is 9.64. The van der Waals surface area contributed by atoms with E-state index in [0.29, 0.717) is 13.0 Å². The molecule has 0 bridgehead atoms. The van der Waals surface area contributed by atoms with Crippen molar-refractivity contribution in [1.82, 2.24) is 4.90 Å². The van der Waals surface area contributed by atoms with Gasteiger partial charge in [0.2, 0.25) is 0 Å². The van der Waals surface area contributed by atoms with Crippen LogP contribution in [0, 0.1) is 11.6 Å². The van der Waals surface area contributed by atoms with E-state index in [1.807, 2.05) is 0 Å². The van der Waals surface area contributed by atoms with Crippen molar-refractivity contribution < 1.29 is 18.7 Å². The van der Waals surface area contributed by atoms with E-state index < -0.39 is 17.7 Å². The summed E-state index contributed by atoms with van der Waals surface area (Å²) in [5.74, 6) is -1.81. The van der Waals surface area contributed by atoms with Crippen LogP contribution in [0.3, 0.4) is 0 Å². The third kappa shape index (κ3) is 2.50. The highest BCUT2D eigenvalue weighted by Crippen LogP contribution is 2.20. The van der Waals surface area contributed by atoms with Gasteiger partial charge in [-0.25, -0.2) is 13.6 Å². The lowest BCUT2D eigenvalue weighted by Gasteiger charge is -2.17. The molecule has 1 aromatic carbocycles. The molecule has 1 N–H and O–H groups in total. The van der Waals surface area contributed by atoms with Gasteiger partial charge in [0.15, 0.2) is 11.6 Å². The fourth-order valence-corrected chi connectivity index (χ4v) is 2.09. The average Bonchev–Trinajstić information content (AvgIpc) is 2.79. The van der Waals surface area contributed by atoms with Gasteiger partial charge < -0.3 is 10.0 Å². The number of hydrogen-bond donors (Lipinski definition) is 1. The molecule has 1 amide bonds. The molecule has 3 nitrogen and oxygen atoms in total. The van der Waals surface area contributed by atoms with Crippen LogP contribution in [0.1, 0.15) is 18.4 Å². The maximum Gasteiger partial charge on any atom is 0.407 e. The minimum atomic E-state index is -0.984. The summed E-state index contributed by atoms with van der Waals surface area (Å²) >= 11 is 0. The summed E-state index contributed by atoms with van der Waals surface area (Å²) < 4.78 is 26.3. The van der Waals surface area contributed by atoms with Crippen LogP contribution in [0.4, 0.5) is 13.6 Å². The molecule has 1 aliphatic rings. The van der Waals surface area contributed by atoms with Gasteiger partial charge in [-0.15, -0.1) is 0 Å². The number of hydrogen-bond acceptors (Lipinski definition) is 1. The maximum atomic E-state index is 13.4. The fourth-order valence-electron chi connectivity index (χ4n) is 2.09. The second-order valence-electron chi connectivity index (χ2n) is 4.19. The van der Waals surface area contributed by atoms with Crippen LogP contribution in [-0.2, 0) is 0 Å². The van der Waals surface area contributed by atoms with Gasteiger partial charge in [-0.3, -0.25) is 0 Å². The third-order valence-corrected chi connectivity index (χ3v) is 3.02. The lowest BCUT2D eigenvalue weighted by Crippen LogP contribution is -2.32. The number of nitrogens with zero attached hydrogens (tertiary/aromatic N) is 1. The Morgan fingerprint density at radius 2 is 2.22 bits per heavy atom. The van der Waals surface area contributed by atoms with Crippen LogP contribution in [0.2, 0.25) is 0 Å². The standard InChI is InChI=1S/C13H13F2NO2/c14-11-5-1-3-9(12(11)15)6-7-10-4-2-8-16(10)13(17)18/h1,3,5-7,10H,2,4,8H2,(H,17,18)/b7-6+/t10-/m1/s1. The molecule has 1 aromatic rings. The topological polar surface area (TPSA) is 40.5 Å². The number of likely N-dealkylation sites (tertiary alicyclic amines) is 1. The first-order valence-corrected chi connectivity index (χ1v) is 5.71. The average molecular weight is 253 g/mol. The number of carboxylic acid groups (broad SMARTS) is 1. The summed E-state index contributed by atoms with van der Waals surface area (Å²) in [6.45, 7) is 0.482. The SMILES string of the molecule is O=C(O)N1CCC[C@@H]1/C=C/c1cccc(F)c1F. The predicted octanol–water partition coefficient (Wildman–Crippen LogP) is 3.12. The molecule has 0 spiro atoms. The van der Waals surface area contributed by atoms with E-state index in [-0.39, 0.29) is 11.6 Å². The Hall–Kier alpha value is -1.91. The second kappa shape index (κ2) is 5.16. The molecule has 2 rings (SSSR count). The van der Waals surface area contributed by atoms with Crippen molar-refractivity contribution in [3.05, 3.63) is 41.5 Å². The highest BCUT2D eigenvalue weighted by atomic mass is 19.2. The molecule has 0 aliphatic carbocycles. The summed E-state index contributed by atoms with van der Waals surface area (Å²) in [6, 6.07) is 3.66. The van der Waals surface area contributed by atoms with Crippen LogP contribution in [0.15, 0.2) is 24.3 Å². The van der Waals surface area contributed by atoms with Gasteiger partial charge in [0.05, 0.1) is 6.04 Å². The zero-order valence-corrected chi connectivity index (χ0v) is 9.64. The first-order valence-electron chi connectivity index (χ1n) is 5.71. The monoisotopic (exact) mass is 253 g/mol. The lowest BCUT2D eigenvalue weighted by atomic mass is 10.1. The molecule has 1 saturated heterocycles. The molecule has 0 unspecified atom stereocenters. The van der Waals surface area contributed by atoms with E-state index in [9.17, 15) is 13.6 Å². The van der Waals surface area contributed by atoms with Crippen molar-refractivity contribution >= 4 is 12.2 Å². The van der Waals surface area contributed by atoms with E-state index in [4.69, 9.17) is 5.11 Å². The van der Waals surface area contributed by atoms with Crippen LogP contribution < -0.4 is 0 Å². The van der Waals surface area contributed by atoms with Gasteiger partial charge in [-0.2, -0.15) is 0 Å². The Morgan fingerprint density at radius 3 is 2.94 bits per heavy atom. The van der Waals surface area contributed by atoms with Crippen LogP contribution >= 0.6 is 0 Å². The second-order valence-corrected chi connectivity index (χ2v) is 4.19. The number of amides is 1. The molecule has 1 atom stereocenters. The number of halogens is 2. The molecule has 0 aromatic heterocycles. The molecule has 5 heteroatoms. The summed E-state index contributed by atoms with van der Waals surface area (Å²) in [5.41, 5.74) is 0.132. The van der Waals surface area contributed by atoms with Gasteiger partial charge in [-0.1, -0.05) is 24.3 Å². The van der Waals surface area contributed by atoms with Crippen LogP contribution in [0.25, 0.3) is 6.08 Å².